The first-order valence-electron chi connectivity index (χ1n) is 5.75. The topological polar surface area (TPSA) is 95.2 Å². The third kappa shape index (κ3) is 1.07. The molecule has 0 saturated heterocycles. The average molecular weight is 244 g/mol. The van der Waals surface area contributed by atoms with E-state index in [1.54, 1.807) is 0 Å². The molecule has 0 radical (unpaired) electrons. The highest BCUT2D eigenvalue weighted by Crippen LogP contribution is 2.59. The van der Waals surface area contributed by atoms with Gasteiger partial charge in [0, 0.05) is 5.41 Å². The summed E-state index contributed by atoms with van der Waals surface area (Å²) < 4.78 is 5.29. The van der Waals surface area contributed by atoms with Gasteiger partial charge in [0.1, 0.15) is 0 Å². The van der Waals surface area contributed by atoms with Gasteiger partial charge in [-0.05, 0) is 13.3 Å². The Kier molecular flexibility index (Phi) is 2.26. The Hall–Kier alpha value is -2.01. The maximum Gasteiger partial charge on any atom is 0.211 e. The SMILES string of the molecule is COC1=N[C@]2(C)CC(C)(C)[C@@]1(C#N)C(N)=C2C#N. The van der Waals surface area contributed by atoms with Crippen LogP contribution in [0.3, 0.4) is 0 Å². The molecule has 0 aromatic carbocycles. The summed E-state index contributed by atoms with van der Waals surface area (Å²) in [5.41, 5.74) is 4.56. The van der Waals surface area contributed by atoms with Crippen molar-refractivity contribution in [3.8, 4) is 12.1 Å². The molecule has 0 aromatic rings. The predicted octanol–water partition coefficient (Wildman–Crippen LogP) is 1.48. The molecule has 2 N–H and O–H groups in total. The number of nitriles is 2. The third-order valence-electron chi connectivity index (χ3n) is 4.16. The Labute approximate surface area is 107 Å². The van der Waals surface area contributed by atoms with Crippen LogP contribution in [-0.4, -0.2) is 18.5 Å². The number of aliphatic imine (C=N–C) groups is 1. The van der Waals surface area contributed by atoms with E-state index in [1.165, 1.54) is 7.11 Å². The van der Waals surface area contributed by atoms with Crippen LogP contribution >= 0.6 is 0 Å². The first-order chi connectivity index (χ1) is 8.29. The van der Waals surface area contributed by atoms with Gasteiger partial charge in [-0.15, -0.1) is 0 Å². The lowest BCUT2D eigenvalue weighted by Crippen LogP contribution is -2.60. The van der Waals surface area contributed by atoms with Gasteiger partial charge < -0.3 is 10.5 Å². The third-order valence-corrected chi connectivity index (χ3v) is 4.16. The molecule has 0 unspecified atom stereocenters. The fourth-order valence-electron chi connectivity index (χ4n) is 3.37. The van der Waals surface area contributed by atoms with Crippen LogP contribution in [0.2, 0.25) is 0 Å². The molecule has 0 saturated carbocycles. The summed E-state index contributed by atoms with van der Waals surface area (Å²) in [5, 5.41) is 18.9. The number of nitrogens with two attached hydrogens (primary N) is 1. The molecule has 0 amide bonds. The Balaban J connectivity index is 2.86. The normalized spacial score (nSPS) is 36.7. The molecule has 1 aliphatic carbocycles. The highest BCUT2D eigenvalue weighted by atomic mass is 16.5. The van der Waals surface area contributed by atoms with Crippen LogP contribution in [0.5, 0.6) is 0 Å². The maximum absolute atomic E-state index is 9.64. The lowest BCUT2D eigenvalue weighted by molar-refractivity contribution is 0.114. The van der Waals surface area contributed by atoms with Gasteiger partial charge >= 0.3 is 0 Å². The number of ether oxygens (including phenoxy) is 1. The molecule has 2 bridgehead atoms. The van der Waals surface area contributed by atoms with Crippen molar-refractivity contribution < 1.29 is 4.74 Å². The Morgan fingerprint density at radius 3 is 2.39 bits per heavy atom. The summed E-state index contributed by atoms with van der Waals surface area (Å²) in [6.45, 7) is 5.78. The van der Waals surface area contributed by atoms with E-state index in [0.29, 0.717) is 17.9 Å². The minimum absolute atomic E-state index is 0.290. The van der Waals surface area contributed by atoms with E-state index < -0.39 is 16.4 Å². The van der Waals surface area contributed by atoms with Crippen molar-refractivity contribution in [2.75, 3.05) is 7.11 Å². The van der Waals surface area contributed by atoms with Gasteiger partial charge in [-0.3, -0.25) is 0 Å². The van der Waals surface area contributed by atoms with Gasteiger partial charge in [0.25, 0.3) is 0 Å². The molecule has 18 heavy (non-hydrogen) atoms. The molecule has 0 fully saturated rings. The van der Waals surface area contributed by atoms with Crippen LogP contribution in [0.25, 0.3) is 0 Å². The fraction of sp³-hybridized carbons (Fsp3) is 0.615. The number of nitrogens with zero attached hydrogens (tertiary/aromatic N) is 3. The molecule has 3 rings (SSSR count). The molecule has 94 valence electrons. The molecule has 0 aromatic heterocycles. The van der Waals surface area contributed by atoms with E-state index in [-0.39, 0.29) is 5.70 Å². The predicted molar refractivity (Wildman–Crippen MR) is 66.1 cm³/mol. The second-order valence-electron chi connectivity index (χ2n) is 5.72. The monoisotopic (exact) mass is 244 g/mol. The summed E-state index contributed by atoms with van der Waals surface area (Å²) in [5.74, 6) is 0.320. The van der Waals surface area contributed by atoms with Crippen LogP contribution in [-0.2, 0) is 4.74 Å². The molecular weight excluding hydrogens is 228 g/mol. The van der Waals surface area contributed by atoms with Gasteiger partial charge in [0.15, 0.2) is 5.41 Å². The van der Waals surface area contributed by atoms with Gasteiger partial charge in [0.05, 0.1) is 36.1 Å². The summed E-state index contributed by atoms with van der Waals surface area (Å²) in [6, 6.07) is 4.35. The second-order valence-corrected chi connectivity index (χ2v) is 5.72. The molecule has 5 nitrogen and oxygen atoms in total. The molecule has 3 aliphatic rings. The van der Waals surface area contributed by atoms with Crippen molar-refractivity contribution >= 4 is 5.90 Å². The van der Waals surface area contributed by atoms with E-state index >= 15 is 0 Å². The molecule has 0 spiro atoms. The largest absolute Gasteiger partial charge is 0.483 e. The van der Waals surface area contributed by atoms with Crippen molar-refractivity contribution in [3.05, 3.63) is 11.3 Å². The lowest BCUT2D eigenvalue weighted by atomic mass is 9.52. The zero-order valence-corrected chi connectivity index (χ0v) is 11.0. The summed E-state index contributed by atoms with van der Waals surface area (Å²) in [4.78, 5) is 4.45. The maximum atomic E-state index is 9.64. The summed E-state index contributed by atoms with van der Waals surface area (Å²) in [7, 11) is 1.48. The molecule has 2 aliphatic heterocycles. The highest BCUT2D eigenvalue weighted by Gasteiger charge is 2.65. The van der Waals surface area contributed by atoms with Crippen molar-refractivity contribution in [2.24, 2.45) is 21.6 Å². The minimum Gasteiger partial charge on any atom is -0.483 e. The van der Waals surface area contributed by atoms with E-state index in [2.05, 4.69) is 17.1 Å². The van der Waals surface area contributed by atoms with Crippen molar-refractivity contribution in [1.29, 1.82) is 10.5 Å². The number of fused-ring (bicyclic) bond motifs is 1. The number of methoxy groups -OCH3 is 1. The molecule has 2 atom stereocenters. The van der Waals surface area contributed by atoms with E-state index in [4.69, 9.17) is 10.5 Å². The Morgan fingerprint density at radius 2 is 1.94 bits per heavy atom. The van der Waals surface area contributed by atoms with Crippen LogP contribution < -0.4 is 5.73 Å². The minimum atomic E-state index is -1.13. The van der Waals surface area contributed by atoms with E-state index in [9.17, 15) is 10.5 Å². The van der Waals surface area contributed by atoms with Crippen molar-refractivity contribution in [1.82, 2.24) is 0 Å². The van der Waals surface area contributed by atoms with Crippen molar-refractivity contribution in [3.63, 3.8) is 0 Å². The average Bonchev–Trinajstić information content (AvgIpc) is 2.26. The van der Waals surface area contributed by atoms with Crippen LogP contribution in [0.1, 0.15) is 27.2 Å². The van der Waals surface area contributed by atoms with E-state index in [1.807, 2.05) is 20.8 Å². The number of rotatable bonds is 0. The summed E-state index contributed by atoms with van der Waals surface area (Å²) in [6.07, 6.45) is 0.601. The van der Waals surface area contributed by atoms with Gasteiger partial charge in [-0.2, -0.15) is 10.5 Å². The fourth-order valence-corrected chi connectivity index (χ4v) is 3.37. The quantitative estimate of drug-likeness (QED) is 0.698. The highest BCUT2D eigenvalue weighted by molar-refractivity contribution is 5.93. The Bertz CT molecular complexity index is 561. The van der Waals surface area contributed by atoms with Crippen LogP contribution in [0.15, 0.2) is 16.3 Å². The second kappa shape index (κ2) is 3.26. The van der Waals surface area contributed by atoms with Gasteiger partial charge in [-0.1, -0.05) is 13.8 Å². The standard InChI is InChI=1S/C13H16N4O/c1-11(2)6-12(3)8(5-14)9(16)13(11,7-15)10(17-12)18-4/h6,16H2,1-4H3/t12-,13+/m1/s1. The zero-order valence-electron chi connectivity index (χ0n) is 11.0. The van der Waals surface area contributed by atoms with Crippen LogP contribution in [0.4, 0.5) is 0 Å². The van der Waals surface area contributed by atoms with E-state index in [0.717, 1.165) is 0 Å². The van der Waals surface area contributed by atoms with Gasteiger partial charge in [0.2, 0.25) is 5.90 Å². The molecule has 5 heteroatoms. The number of hydrogen-bond acceptors (Lipinski definition) is 5. The first kappa shape index (κ1) is 12.4. The van der Waals surface area contributed by atoms with Crippen molar-refractivity contribution in [2.45, 2.75) is 32.7 Å². The number of hydrogen-bond donors (Lipinski definition) is 1. The Morgan fingerprint density at radius 1 is 1.33 bits per heavy atom. The zero-order chi connectivity index (χ0) is 13.8. The van der Waals surface area contributed by atoms with Gasteiger partial charge in [-0.25, -0.2) is 4.99 Å². The number of dihydropyridines is 1. The summed E-state index contributed by atoms with van der Waals surface area (Å²) >= 11 is 0. The molecule has 2 heterocycles. The van der Waals surface area contributed by atoms with Crippen LogP contribution in [0, 0.1) is 33.5 Å². The molecular formula is C13H16N4O. The smallest absolute Gasteiger partial charge is 0.211 e. The lowest BCUT2D eigenvalue weighted by Gasteiger charge is -2.54. The first-order valence-corrected chi connectivity index (χ1v) is 5.75.